The van der Waals surface area contributed by atoms with Crippen LogP contribution in [-0.2, 0) is 4.74 Å². The lowest BCUT2D eigenvalue weighted by atomic mass is 10.0. The summed E-state index contributed by atoms with van der Waals surface area (Å²) in [4.78, 5) is 23.5. The van der Waals surface area contributed by atoms with Crippen molar-refractivity contribution in [3.8, 4) is 0 Å². The number of aromatic carboxylic acids is 1. The fourth-order valence-electron chi connectivity index (χ4n) is 1.92. The van der Waals surface area contributed by atoms with Gasteiger partial charge in [-0.2, -0.15) is 0 Å². The van der Waals surface area contributed by atoms with Gasteiger partial charge in [0.05, 0.1) is 11.1 Å². The minimum Gasteiger partial charge on any atom is -0.478 e. The summed E-state index contributed by atoms with van der Waals surface area (Å²) in [6.07, 6.45) is 0.475. The number of aryl methyl sites for hydroxylation is 1. The maximum absolute atomic E-state index is 12.2. The van der Waals surface area contributed by atoms with E-state index in [1.54, 1.807) is 6.92 Å². The van der Waals surface area contributed by atoms with Gasteiger partial charge in [-0.3, -0.25) is 0 Å². The van der Waals surface area contributed by atoms with Gasteiger partial charge < -0.3 is 9.84 Å². The quantitative estimate of drug-likeness (QED) is 0.820. The van der Waals surface area contributed by atoms with Crippen molar-refractivity contribution in [3.63, 3.8) is 0 Å². The van der Waals surface area contributed by atoms with E-state index < -0.39 is 11.9 Å². The molecular formula is C15H19BrO4. The third-order valence-corrected chi connectivity index (χ3v) is 4.01. The monoisotopic (exact) mass is 342 g/mol. The third kappa shape index (κ3) is 3.82. The van der Waals surface area contributed by atoms with Crippen LogP contribution in [0.4, 0.5) is 0 Å². The Labute approximate surface area is 127 Å². The van der Waals surface area contributed by atoms with Crippen LogP contribution in [0.3, 0.4) is 0 Å². The average molecular weight is 343 g/mol. The van der Waals surface area contributed by atoms with Gasteiger partial charge in [0, 0.05) is 4.47 Å². The molecule has 0 saturated carbocycles. The summed E-state index contributed by atoms with van der Waals surface area (Å²) in [5, 5.41) is 9.21. The van der Waals surface area contributed by atoms with Gasteiger partial charge in [0.25, 0.3) is 0 Å². The number of rotatable bonds is 5. The smallest absolute Gasteiger partial charge is 0.339 e. The van der Waals surface area contributed by atoms with Crippen molar-refractivity contribution in [2.24, 2.45) is 5.92 Å². The molecule has 0 aliphatic carbocycles. The lowest BCUT2D eigenvalue weighted by molar-refractivity contribution is 0.0169. The minimum atomic E-state index is -1.13. The Morgan fingerprint density at radius 2 is 1.90 bits per heavy atom. The predicted octanol–water partition coefficient (Wildman–Crippen LogP) is 4.05. The van der Waals surface area contributed by atoms with Crippen LogP contribution in [-0.4, -0.2) is 23.1 Å². The zero-order chi connectivity index (χ0) is 15.4. The molecule has 0 bridgehead atoms. The number of carbonyl (C=O) groups excluding carboxylic acids is 1. The molecule has 1 unspecified atom stereocenters. The number of halogens is 1. The molecule has 5 heteroatoms. The van der Waals surface area contributed by atoms with E-state index in [4.69, 9.17) is 4.74 Å². The van der Waals surface area contributed by atoms with Crippen molar-refractivity contribution in [1.29, 1.82) is 0 Å². The van der Waals surface area contributed by atoms with Gasteiger partial charge in [-0.1, -0.05) is 36.7 Å². The molecule has 0 spiro atoms. The highest BCUT2D eigenvalue weighted by molar-refractivity contribution is 9.10. The van der Waals surface area contributed by atoms with Gasteiger partial charge in [0.2, 0.25) is 0 Å². The standard InChI is InChI=1S/C15H19BrO4/c1-5-13(8(2)3)20-15(19)11-7-12(16)9(4)6-10(11)14(17)18/h6-8,13H,5H2,1-4H3,(H,17,18). The Hall–Kier alpha value is -1.36. The molecule has 0 amide bonds. The van der Waals surface area contributed by atoms with Crippen molar-refractivity contribution < 1.29 is 19.4 Å². The number of carboxylic acids is 1. The van der Waals surface area contributed by atoms with Crippen LogP contribution in [0.15, 0.2) is 16.6 Å². The van der Waals surface area contributed by atoms with E-state index in [9.17, 15) is 14.7 Å². The van der Waals surface area contributed by atoms with E-state index in [2.05, 4.69) is 15.9 Å². The van der Waals surface area contributed by atoms with E-state index in [0.717, 1.165) is 5.56 Å². The van der Waals surface area contributed by atoms with Gasteiger partial charge in [-0.25, -0.2) is 9.59 Å². The highest BCUT2D eigenvalue weighted by Gasteiger charge is 2.23. The molecular weight excluding hydrogens is 324 g/mol. The summed E-state index contributed by atoms with van der Waals surface area (Å²) in [5.41, 5.74) is 0.804. The fourth-order valence-corrected chi connectivity index (χ4v) is 2.26. The normalized spacial score (nSPS) is 12.3. The maximum atomic E-state index is 12.2. The predicted molar refractivity (Wildman–Crippen MR) is 80.2 cm³/mol. The molecule has 0 radical (unpaired) electrons. The number of carbonyl (C=O) groups is 2. The van der Waals surface area contributed by atoms with Crippen LogP contribution in [0.25, 0.3) is 0 Å². The van der Waals surface area contributed by atoms with Crippen LogP contribution in [0, 0.1) is 12.8 Å². The Morgan fingerprint density at radius 3 is 2.35 bits per heavy atom. The highest BCUT2D eigenvalue weighted by atomic mass is 79.9. The summed E-state index contributed by atoms with van der Waals surface area (Å²) in [5.74, 6) is -1.54. The summed E-state index contributed by atoms with van der Waals surface area (Å²) in [6.45, 7) is 7.63. The first-order valence-electron chi connectivity index (χ1n) is 6.52. The van der Waals surface area contributed by atoms with Gasteiger partial charge >= 0.3 is 11.9 Å². The zero-order valence-corrected chi connectivity index (χ0v) is 13.7. The highest BCUT2D eigenvalue weighted by Crippen LogP contribution is 2.23. The molecule has 20 heavy (non-hydrogen) atoms. The second-order valence-corrected chi connectivity index (χ2v) is 5.90. The first kappa shape index (κ1) is 16.7. The second kappa shape index (κ2) is 6.88. The van der Waals surface area contributed by atoms with E-state index in [1.165, 1.54) is 12.1 Å². The number of benzene rings is 1. The van der Waals surface area contributed by atoms with Gasteiger partial charge in [-0.15, -0.1) is 0 Å². The lowest BCUT2D eigenvalue weighted by Crippen LogP contribution is -2.24. The van der Waals surface area contributed by atoms with Crippen LogP contribution < -0.4 is 0 Å². The number of ether oxygens (including phenoxy) is 1. The van der Waals surface area contributed by atoms with Crippen LogP contribution in [0.1, 0.15) is 53.5 Å². The lowest BCUT2D eigenvalue weighted by Gasteiger charge is -2.20. The fraction of sp³-hybridized carbons (Fsp3) is 0.467. The molecule has 1 aromatic carbocycles. The number of hydrogen-bond donors (Lipinski definition) is 1. The SMILES string of the molecule is CCC(OC(=O)c1cc(Br)c(C)cc1C(=O)O)C(C)C. The Bertz CT molecular complexity index is 523. The van der Waals surface area contributed by atoms with Crippen molar-refractivity contribution in [2.45, 2.75) is 40.2 Å². The van der Waals surface area contributed by atoms with Crippen LogP contribution >= 0.6 is 15.9 Å². The molecule has 0 heterocycles. The molecule has 0 saturated heterocycles. The second-order valence-electron chi connectivity index (χ2n) is 5.05. The summed E-state index contributed by atoms with van der Waals surface area (Å²) in [7, 11) is 0. The van der Waals surface area contributed by atoms with E-state index in [-0.39, 0.29) is 23.1 Å². The largest absolute Gasteiger partial charge is 0.478 e. The average Bonchev–Trinajstić information content (AvgIpc) is 2.37. The Kier molecular flexibility index (Phi) is 5.74. The first-order chi connectivity index (χ1) is 9.27. The topological polar surface area (TPSA) is 63.6 Å². The summed E-state index contributed by atoms with van der Waals surface area (Å²) >= 11 is 3.31. The molecule has 0 aliphatic heterocycles. The van der Waals surface area contributed by atoms with E-state index in [0.29, 0.717) is 10.9 Å². The van der Waals surface area contributed by atoms with Crippen LogP contribution in [0.5, 0.6) is 0 Å². The molecule has 1 aromatic rings. The molecule has 4 nitrogen and oxygen atoms in total. The molecule has 1 N–H and O–H groups in total. The minimum absolute atomic E-state index is 0.0330. The third-order valence-electron chi connectivity index (χ3n) is 3.15. The molecule has 1 atom stereocenters. The van der Waals surface area contributed by atoms with Crippen molar-refractivity contribution in [1.82, 2.24) is 0 Å². The molecule has 0 aliphatic rings. The Morgan fingerprint density at radius 1 is 1.30 bits per heavy atom. The summed E-state index contributed by atoms with van der Waals surface area (Å²) in [6, 6.07) is 2.98. The van der Waals surface area contributed by atoms with Crippen molar-refractivity contribution in [2.75, 3.05) is 0 Å². The van der Waals surface area contributed by atoms with E-state index >= 15 is 0 Å². The zero-order valence-electron chi connectivity index (χ0n) is 12.1. The molecule has 0 aromatic heterocycles. The van der Waals surface area contributed by atoms with Crippen molar-refractivity contribution >= 4 is 27.9 Å². The Balaban J connectivity index is 3.15. The van der Waals surface area contributed by atoms with E-state index in [1.807, 2.05) is 20.8 Å². The molecule has 110 valence electrons. The number of carboxylic acid groups (broad SMARTS) is 1. The molecule has 0 fully saturated rings. The van der Waals surface area contributed by atoms with Gasteiger partial charge in [0.1, 0.15) is 6.10 Å². The first-order valence-corrected chi connectivity index (χ1v) is 7.31. The molecule has 1 rings (SSSR count). The number of hydrogen-bond acceptors (Lipinski definition) is 3. The van der Waals surface area contributed by atoms with Crippen molar-refractivity contribution in [3.05, 3.63) is 33.3 Å². The van der Waals surface area contributed by atoms with Crippen LogP contribution in [0.2, 0.25) is 0 Å². The van der Waals surface area contributed by atoms with Gasteiger partial charge in [-0.05, 0) is 37.0 Å². The van der Waals surface area contributed by atoms with Gasteiger partial charge in [0.15, 0.2) is 0 Å². The maximum Gasteiger partial charge on any atom is 0.339 e. The number of esters is 1. The summed E-state index contributed by atoms with van der Waals surface area (Å²) < 4.78 is 6.10.